The van der Waals surface area contributed by atoms with Crippen molar-refractivity contribution in [2.45, 2.75) is 25.7 Å². The molecule has 0 unspecified atom stereocenters. The monoisotopic (exact) mass is 196 g/mol. The average molecular weight is 196 g/mol. The summed E-state index contributed by atoms with van der Waals surface area (Å²) >= 11 is 0. The van der Waals surface area contributed by atoms with E-state index in [2.05, 4.69) is 6.42 Å². The van der Waals surface area contributed by atoms with Crippen LogP contribution in [0.25, 0.3) is 0 Å². The fraction of sp³-hybridized carbons (Fsp3) is 0.818. The van der Waals surface area contributed by atoms with E-state index < -0.39 is 0 Å². The second-order valence-corrected chi connectivity index (χ2v) is 4.10. The van der Waals surface area contributed by atoms with E-state index in [0.29, 0.717) is 5.91 Å². The van der Waals surface area contributed by atoms with Gasteiger partial charge < -0.3 is 9.64 Å². The van der Waals surface area contributed by atoms with Crippen LogP contribution in [0, 0.1) is 12.3 Å². The van der Waals surface area contributed by atoms with Gasteiger partial charge in [-0.2, -0.15) is 0 Å². The number of amides is 1. The molecule has 79 valence electrons. The molecule has 0 aromatic heterocycles. The van der Waals surface area contributed by atoms with Crippen LogP contribution < -0.4 is 0 Å². The lowest BCUT2D eigenvalue weighted by atomic mass is 9.97. The zero-order chi connectivity index (χ0) is 9.80. The molecule has 1 amide bonds. The van der Waals surface area contributed by atoms with Crippen molar-refractivity contribution in [2.75, 3.05) is 26.3 Å². The van der Waals surface area contributed by atoms with Gasteiger partial charge in [-0.1, -0.05) is 0 Å². The molecule has 2 saturated heterocycles. The lowest BCUT2D eigenvalue weighted by Gasteiger charge is -2.31. The van der Waals surface area contributed by atoms with E-state index >= 15 is 0 Å². The molecule has 3 heteroatoms. The van der Waals surface area contributed by atoms with Crippen molar-refractivity contribution < 1.29 is 9.53 Å². The fourth-order valence-electron chi connectivity index (χ4n) is 2.17. The highest BCUT2D eigenvalue weighted by molar-refractivity contribution is 5.79. The maximum Gasteiger partial charge on any atom is 0.225 e. The first-order valence-corrected chi connectivity index (χ1v) is 5.56. The largest absolute Gasteiger partial charge is 0.381 e. The Balaban J connectivity index is 1.85. The Morgan fingerprint density at radius 3 is 2.79 bits per heavy atom. The van der Waals surface area contributed by atoms with Gasteiger partial charge in [-0.05, 0) is 32.1 Å². The number of carbonyl (C=O) groups excluding carboxylic acids is 1. The summed E-state index contributed by atoms with van der Waals surface area (Å²) in [4.78, 5) is 14.0. The van der Waals surface area contributed by atoms with Crippen LogP contribution in [0.4, 0.5) is 0 Å². The van der Waals surface area contributed by atoms with Gasteiger partial charge in [0.2, 0.25) is 5.91 Å². The lowest BCUT2D eigenvalue weighted by Crippen LogP contribution is -2.41. The van der Waals surface area contributed by atoms with Crippen LogP contribution in [-0.2, 0) is 9.53 Å². The summed E-state index contributed by atoms with van der Waals surface area (Å²) in [6.07, 6.45) is 6.33. The van der Waals surface area contributed by atoms with Crippen molar-refractivity contribution in [3.63, 3.8) is 0 Å². The van der Waals surface area contributed by atoms with Gasteiger partial charge in [0.05, 0.1) is 0 Å². The van der Waals surface area contributed by atoms with Crippen molar-refractivity contribution in [2.24, 2.45) is 5.92 Å². The summed E-state index contributed by atoms with van der Waals surface area (Å²) in [5.74, 6) is 0.583. The summed E-state index contributed by atoms with van der Waals surface area (Å²) in [6, 6.07) is 0. The molecule has 0 bridgehead atoms. The zero-order valence-electron chi connectivity index (χ0n) is 8.58. The maximum absolute atomic E-state index is 12.0. The highest BCUT2D eigenvalue weighted by Gasteiger charge is 2.26. The maximum atomic E-state index is 12.0. The molecule has 0 aliphatic carbocycles. The van der Waals surface area contributed by atoms with Gasteiger partial charge in [0.25, 0.3) is 0 Å². The van der Waals surface area contributed by atoms with E-state index in [4.69, 9.17) is 4.74 Å². The van der Waals surface area contributed by atoms with E-state index in [0.717, 1.165) is 52.0 Å². The van der Waals surface area contributed by atoms with Crippen molar-refractivity contribution in [3.8, 4) is 0 Å². The van der Waals surface area contributed by atoms with Crippen molar-refractivity contribution in [3.05, 3.63) is 6.42 Å². The molecule has 2 fully saturated rings. The number of hydrogen-bond donors (Lipinski definition) is 0. The fourth-order valence-corrected chi connectivity index (χ4v) is 2.17. The quantitative estimate of drug-likeness (QED) is 0.631. The minimum Gasteiger partial charge on any atom is -0.381 e. The Kier molecular flexibility index (Phi) is 3.40. The van der Waals surface area contributed by atoms with Gasteiger partial charge in [0.1, 0.15) is 0 Å². The third-order valence-corrected chi connectivity index (χ3v) is 3.07. The number of nitrogens with zero attached hydrogens (tertiary/aromatic N) is 1. The molecule has 3 nitrogen and oxygen atoms in total. The second kappa shape index (κ2) is 4.78. The van der Waals surface area contributed by atoms with Gasteiger partial charge in [0, 0.05) is 32.2 Å². The van der Waals surface area contributed by atoms with Crippen LogP contribution in [0.3, 0.4) is 0 Å². The molecule has 14 heavy (non-hydrogen) atoms. The summed E-state index contributed by atoms with van der Waals surface area (Å²) in [5.41, 5.74) is 0. The standard InChI is InChI=1S/C11H18NO2/c13-11(10-4-8-14-9-5-10)12-6-2-1-3-7-12/h2,10H,1,3-9H2. The predicted octanol–water partition coefficient (Wildman–Crippen LogP) is 1.24. The van der Waals surface area contributed by atoms with Crippen molar-refractivity contribution in [1.29, 1.82) is 0 Å². The smallest absolute Gasteiger partial charge is 0.225 e. The molecule has 2 aliphatic rings. The summed E-state index contributed by atoms with van der Waals surface area (Å²) in [7, 11) is 0. The molecule has 0 atom stereocenters. The molecular formula is C11H18NO2. The molecule has 1 radical (unpaired) electrons. The van der Waals surface area contributed by atoms with Gasteiger partial charge in [-0.3, -0.25) is 4.79 Å². The molecule has 2 rings (SSSR count). The molecule has 0 spiro atoms. The number of piperidine rings is 1. The minimum atomic E-state index is 0.232. The number of rotatable bonds is 1. The zero-order valence-corrected chi connectivity index (χ0v) is 8.58. The minimum absolute atomic E-state index is 0.232. The van der Waals surface area contributed by atoms with Gasteiger partial charge in [0.15, 0.2) is 0 Å². The first-order chi connectivity index (χ1) is 6.88. The molecule has 0 aromatic rings. The molecular weight excluding hydrogens is 178 g/mol. The topological polar surface area (TPSA) is 29.5 Å². The Hall–Kier alpha value is -0.570. The Morgan fingerprint density at radius 2 is 2.14 bits per heavy atom. The number of hydrogen-bond acceptors (Lipinski definition) is 2. The summed E-state index contributed by atoms with van der Waals surface area (Å²) in [5, 5.41) is 0. The third kappa shape index (κ3) is 2.27. The van der Waals surface area contributed by atoms with E-state index in [1.54, 1.807) is 0 Å². The highest BCUT2D eigenvalue weighted by atomic mass is 16.5. The number of ether oxygens (including phenoxy) is 1. The first kappa shape index (κ1) is 9.97. The summed E-state index contributed by atoms with van der Waals surface area (Å²) < 4.78 is 5.26. The third-order valence-electron chi connectivity index (χ3n) is 3.07. The van der Waals surface area contributed by atoms with Crippen molar-refractivity contribution >= 4 is 5.91 Å². The molecule has 2 heterocycles. The van der Waals surface area contributed by atoms with Gasteiger partial charge >= 0.3 is 0 Å². The van der Waals surface area contributed by atoms with Crippen LogP contribution in [0.15, 0.2) is 0 Å². The van der Waals surface area contributed by atoms with E-state index in [-0.39, 0.29) is 5.92 Å². The molecule has 0 N–H and O–H groups in total. The van der Waals surface area contributed by atoms with Crippen LogP contribution in [0.1, 0.15) is 25.7 Å². The lowest BCUT2D eigenvalue weighted by molar-refractivity contribution is -0.138. The van der Waals surface area contributed by atoms with Crippen LogP contribution >= 0.6 is 0 Å². The van der Waals surface area contributed by atoms with Crippen LogP contribution in [0.2, 0.25) is 0 Å². The molecule has 2 aliphatic heterocycles. The Bertz CT molecular complexity index is 173. The van der Waals surface area contributed by atoms with Gasteiger partial charge in [-0.25, -0.2) is 0 Å². The van der Waals surface area contributed by atoms with Crippen molar-refractivity contribution in [1.82, 2.24) is 4.90 Å². The second-order valence-electron chi connectivity index (χ2n) is 4.10. The van der Waals surface area contributed by atoms with Crippen LogP contribution in [0.5, 0.6) is 0 Å². The number of likely N-dealkylation sites (tertiary alicyclic amines) is 1. The predicted molar refractivity (Wildman–Crippen MR) is 53.7 cm³/mol. The van der Waals surface area contributed by atoms with E-state index in [9.17, 15) is 4.79 Å². The average Bonchev–Trinajstić information content (AvgIpc) is 2.30. The molecule has 0 saturated carbocycles. The van der Waals surface area contributed by atoms with Gasteiger partial charge in [-0.15, -0.1) is 0 Å². The SMILES string of the molecule is O=C(C1CCOCC1)N1C[CH]CCC1. The number of carbonyl (C=O) groups is 1. The van der Waals surface area contributed by atoms with Crippen LogP contribution in [-0.4, -0.2) is 37.1 Å². The molecule has 0 aromatic carbocycles. The Morgan fingerprint density at radius 1 is 1.36 bits per heavy atom. The Labute approximate surface area is 85.4 Å². The normalized spacial score (nSPS) is 25.0. The van der Waals surface area contributed by atoms with E-state index in [1.165, 1.54) is 0 Å². The van der Waals surface area contributed by atoms with E-state index in [1.807, 2.05) is 4.90 Å². The highest BCUT2D eigenvalue weighted by Crippen LogP contribution is 2.19. The first-order valence-electron chi connectivity index (χ1n) is 5.56. The summed E-state index contributed by atoms with van der Waals surface area (Å²) in [6.45, 7) is 3.32.